The summed E-state index contributed by atoms with van der Waals surface area (Å²) in [5, 5.41) is 10.2. The van der Waals surface area contributed by atoms with Crippen LogP contribution in [-0.2, 0) is 6.18 Å². The number of aliphatic hydroxyl groups excluding tert-OH is 1. The molecule has 21 heavy (non-hydrogen) atoms. The standard InChI is InChI=1S/C13H9ClF4N2O/c14-6-3-9(12(19)20-5-6)11(21)8-2-1-7(15)4-10(8)13(16,17)18/h1-5,11,21H,(H2,19,20). The van der Waals surface area contributed by atoms with E-state index in [1.54, 1.807) is 0 Å². The predicted octanol–water partition coefficient (Wildman–Crippen LogP) is 3.56. The fraction of sp³-hybridized carbons (Fsp3) is 0.154. The number of nitrogens with two attached hydrogens (primary N) is 1. The Morgan fingerprint density at radius 1 is 1.19 bits per heavy atom. The molecule has 0 saturated carbocycles. The minimum absolute atomic E-state index is 0.0837. The van der Waals surface area contributed by atoms with Gasteiger partial charge in [0.1, 0.15) is 17.7 Å². The van der Waals surface area contributed by atoms with E-state index in [2.05, 4.69) is 4.98 Å². The van der Waals surface area contributed by atoms with Crippen molar-refractivity contribution in [1.29, 1.82) is 0 Å². The normalized spacial score (nSPS) is 13.2. The maximum atomic E-state index is 13.0. The highest BCUT2D eigenvalue weighted by atomic mass is 35.5. The van der Waals surface area contributed by atoms with Gasteiger partial charge in [0, 0.05) is 11.8 Å². The average molecular weight is 321 g/mol. The third kappa shape index (κ3) is 3.25. The van der Waals surface area contributed by atoms with Gasteiger partial charge in [-0.2, -0.15) is 13.2 Å². The van der Waals surface area contributed by atoms with Crippen molar-refractivity contribution in [2.45, 2.75) is 12.3 Å². The Balaban J connectivity index is 2.58. The van der Waals surface area contributed by atoms with Crippen LogP contribution in [0.5, 0.6) is 0 Å². The molecule has 0 aliphatic heterocycles. The van der Waals surface area contributed by atoms with Gasteiger partial charge in [-0.05, 0) is 23.8 Å². The fourth-order valence-electron chi connectivity index (χ4n) is 1.86. The van der Waals surface area contributed by atoms with E-state index in [9.17, 15) is 22.7 Å². The topological polar surface area (TPSA) is 59.1 Å². The second-order valence-corrected chi connectivity index (χ2v) is 4.70. The summed E-state index contributed by atoms with van der Waals surface area (Å²) in [6.45, 7) is 0. The zero-order chi connectivity index (χ0) is 15.8. The van der Waals surface area contributed by atoms with Crippen molar-refractivity contribution in [2.24, 2.45) is 0 Å². The van der Waals surface area contributed by atoms with Crippen molar-refractivity contribution in [3.63, 3.8) is 0 Å². The van der Waals surface area contributed by atoms with E-state index in [0.29, 0.717) is 6.07 Å². The molecule has 3 nitrogen and oxygen atoms in total. The molecule has 0 aliphatic rings. The van der Waals surface area contributed by atoms with Crippen molar-refractivity contribution >= 4 is 17.4 Å². The van der Waals surface area contributed by atoms with Crippen LogP contribution in [0.25, 0.3) is 0 Å². The molecular formula is C13H9ClF4N2O. The van der Waals surface area contributed by atoms with E-state index in [4.69, 9.17) is 17.3 Å². The lowest BCUT2D eigenvalue weighted by atomic mass is 9.96. The third-order valence-electron chi connectivity index (χ3n) is 2.83. The zero-order valence-electron chi connectivity index (χ0n) is 10.3. The Kier molecular flexibility index (Phi) is 4.06. The van der Waals surface area contributed by atoms with Crippen LogP contribution < -0.4 is 5.73 Å². The Bertz CT molecular complexity index is 676. The minimum atomic E-state index is -4.82. The number of anilines is 1. The largest absolute Gasteiger partial charge is 0.416 e. The number of hydrogen-bond acceptors (Lipinski definition) is 3. The number of benzene rings is 1. The summed E-state index contributed by atoms with van der Waals surface area (Å²) in [4.78, 5) is 3.67. The molecule has 1 heterocycles. The Morgan fingerprint density at radius 3 is 2.48 bits per heavy atom. The highest BCUT2D eigenvalue weighted by Gasteiger charge is 2.36. The van der Waals surface area contributed by atoms with Crippen molar-refractivity contribution in [2.75, 3.05) is 5.73 Å². The maximum absolute atomic E-state index is 13.0. The van der Waals surface area contributed by atoms with Crippen LogP contribution in [0.3, 0.4) is 0 Å². The lowest BCUT2D eigenvalue weighted by Crippen LogP contribution is -2.14. The molecule has 2 rings (SSSR count). The highest BCUT2D eigenvalue weighted by Crippen LogP contribution is 2.38. The number of halogens is 5. The molecule has 0 aliphatic carbocycles. The highest BCUT2D eigenvalue weighted by molar-refractivity contribution is 6.30. The van der Waals surface area contributed by atoms with Crippen LogP contribution in [0, 0.1) is 5.82 Å². The van der Waals surface area contributed by atoms with Gasteiger partial charge in [-0.3, -0.25) is 0 Å². The Hall–Kier alpha value is -1.86. The number of aliphatic hydroxyl groups is 1. The third-order valence-corrected chi connectivity index (χ3v) is 3.03. The van der Waals surface area contributed by atoms with Gasteiger partial charge in [0.2, 0.25) is 0 Å². The van der Waals surface area contributed by atoms with E-state index in [-0.39, 0.29) is 16.4 Å². The summed E-state index contributed by atoms with van der Waals surface area (Å²) >= 11 is 5.69. The van der Waals surface area contributed by atoms with Crippen LogP contribution in [0.15, 0.2) is 30.5 Å². The molecule has 0 amide bonds. The molecule has 2 aromatic rings. The summed E-state index contributed by atoms with van der Waals surface area (Å²) in [7, 11) is 0. The molecule has 3 N–H and O–H groups in total. The molecule has 0 radical (unpaired) electrons. The summed E-state index contributed by atoms with van der Waals surface area (Å²) in [5.74, 6) is -1.22. The molecule has 8 heteroatoms. The van der Waals surface area contributed by atoms with Gasteiger partial charge in [0.15, 0.2) is 0 Å². The first-order chi connectivity index (χ1) is 9.70. The number of aromatic nitrogens is 1. The van der Waals surface area contributed by atoms with Gasteiger partial charge in [0.05, 0.1) is 10.6 Å². The smallest absolute Gasteiger partial charge is 0.383 e. The molecule has 0 fully saturated rings. The van der Waals surface area contributed by atoms with E-state index < -0.39 is 29.2 Å². The van der Waals surface area contributed by atoms with Gasteiger partial charge in [-0.15, -0.1) is 0 Å². The van der Waals surface area contributed by atoms with Gasteiger partial charge in [-0.25, -0.2) is 9.37 Å². The van der Waals surface area contributed by atoms with E-state index in [1.165, 1.54) is 12.3 Å². The minimum Gasteiger partial charge on any atom is -0.383 e. The van der Waals surface area contributed by atoms with Crippen molar-refractivity contribution in [1.82, 2.24) is 4.98 Å². The number of alkyl halides is 3. The molecule has 1 atom stereocenters. The maximum Gasteiger partial charge on any atom is 0.416 e. The van der Waals surface area contributed by atoms with Crippen molar-refractivity contribution in [3.05, 3.63) is 58.0 Å². The SMILES string of the molecule is Nc1ncc(Cl)cc1C(O)c1ccc(F)cc1C(F)(F)F. The van der Waals surface area contributed by atoms with Crippen molar-refractivity contribution < 1.29 is 22.7 Å². The molecule has 1 unspecified atom stereocenters. The molecule has 0 spiro atoms. The Labute approximate surface area is 122 Å². The van der Waals surface area contributed by atoms with Gasteiger partial charge in [-0.1, -0.05) is 17.7 Å². The first-order valence-corrected chi connectivity index (χ1v) is 6.03. The first kappa shape index (κ1) is 15.5. The summed E-state index contributed by atoms with van der Waals surface area (Å²) in [6.07, 6.45) is -5.35. The van der Waals surface area contributed by atoms with Crippen LogP contribution in [0.2, 0.25) is 5.02 Å². The first-order valence-electron chi connectivity index (χ1n) is 5.66. The zero-order valence-corrected chi connectivity index (χ0v) is 11.1. The Morgan fingerprint density at radius 2 is 1.86 bits per heavy atom. The summed E-state index contributed by atoms with van der Waals surface area (Å²) in [6, 6.07) is 3.19. The van der Waals surface area contributed by atoms with Crippen LogP contribution in [0.1, 0.15) is 22.8 Å². The van der Waals surface area contributed by atoms with Crippen LogP contribution in [0.4, 0.5) is 23.4 Å². The predicted molar refractivity (Wildman–Crippen MR) is 69.1 cm³/mol. The second kappa shape index (κ2) is 5.50. The van der Waals surface area contributed by atoms with E-state index in [0.717, 1.165) is 12.1 Å². The molecule has 112 valence electrons. The summed E-state index contributed by atoms with van der Waals surface area (Å²) < 4.78 is 51.8. The molecule has 1 aromatic heterocycles. The number of nitrogens with zero attached hydrogens (tertiary/aromatic N) is 1. The number of nitrogen functional groups attached to an aromatic ring is 1. The monoisotopic (exact) mass is 320 g/mol. The summed E-state index contributed by atoms with van der Waals surface area (Å²) in [5.41, 5.74) is 3.64. The second-order valence-electron chi connectivity index (χ2n) is 4.26. The molecule has 0 bridgehead atoms. The van der Waals surface area contributed by atoms with E-state index >= 15 is 0 Å². The molecule has 1 aromatic carbocycles. The quantitative estimate of drug-likeness (QED) is 0.832. The van der Waals surface area contributed by atoms with Gasteiger partial charge < -0.3 is 10.8 Å². The van der Waals surface area contributed by atoms with Crippen molar-refractivity contribution in [3.8, 4) is 0 Å². The average Bonchev–Trinajstić information content (AvgIpc) is 2.40. The number of hydrogen-bond donors (Lipinski definition) is 2. The van der Waals surface area contributed by atoms with Crippen LogP contribution in [-0.4, -0.2) is 10.1 Å². The lowest BCUT2D eigenvalue weighted by molar-refractivity contribution is -0.139. The molecular weight excluding hydrogens is 312 g/mol. The number of pyridine rings is 1. The van der Waals surface area contributed by atoms with Gasteiger partial charge >= 0.3 is 6.18 Å². The fourth-order valence-corrected chi connectivity index (χ4v) is 2.03. The molecule has 0 saturated heterocycles. The lowest BCUT2D eigenvalue weighted by Gasteiger charge is -2.19. The van der Waals surface area contributed by atoms with E-state index in [1.807, 2.05) is 0 Å². The van der Waals surface area contributed by atoms with Crippen LogP contribution >= 0.6 is 11.6 Å². The van der Waals surface area contributed by atoms with Gasteiger partial charge in [0.25, 0.3) is 0 Å². The number of rotatable bonds is 2.